The first-order chi connectivity index (χ1) is 8.56. The summed E-state index contributed by atoms with van der Waals surface area (Å²) in [5.41, 5.74) is 5.88. The zero-order valence-corrected chi connectivity index (χ0v) is 13.0. The minimum Gasteiger partial charge on any atom is -0.353 e. The first-order valence-corrected chi connectivity index (χ1v) is 7.62. The van der Waals surface area contributed by atoms with Crippen molar-refractivity contribution in [2.75, 3.05) is 0 Å². The van der Waals surface area contributed by atoms with Crippen molar-refractivity contribution in [2.24, 2.45) is 23.5 Å². The number of nitrogens with two attached hydrogens (primary N) is 1. The van der Waals surface area contributed by atoms with E-state index in [9.17, 15) is 4.79 Å². The van der Waals surface area contributed by atoms with Crippen LogP contribution in [0.25, 0.3) is 0 Å². The Hall–Kier alpha value is -0.280. The molecule has 112 valence electrons. The Kier molecular flexibility index (Phi) is 6.61. The van der Waals surface area contributed by atoms with Crippen LogP contribution in [0.1, 0.15) is 58.8 Å². The number of hydrogen-bond acceptors (Lipinski definition) is 2. The van der Waals surface area contributed by atoms with Crippen molar-refractivity contribution in [1.29, 1.82) is 0 Å². The molecule has 4 unspecified atom stereocenters. The van der Waals surface area contributed by atoms with Crippen molar-refractivity contribution in [2.45, 2.75) is 70.9 Å². The van der Waals surface area contributed by atoms with Crippen LogP contribution in [-0.2, 0) is 4.79 Å². The third-order valence-corrected chi connectivity index (χ3v) is 4.85. The fourth-order valence-corrected chi connectivity index (χ4v) is 3.54. The van der Waals surface area contributed by atoms with Crippen molar-refractivity contribution in [1.82, 2.24) is 5.32 Å². The lowest BCUT2D eigenvalue weighted by Gasteiger charge is -2.32. The van der Waals surface area contributed by atoms with E-state index in [0.29, 0.717) is 6.04 Å². The van der Waals surface area contributed by atoms with Gasteiger partial charge >= 0.3 is 0 Å². The van der Waals surface area contributed by atoms with Crippen molar-refractivity contribution in [3.8, 4) is 0 Å². The monoisotopic (exact) mass is 288 g/mol. The zero-order valence-electron chi connectivity index (χ0n) is 12.2. The standard InChI is InChI=1S/C15H28N2O.ClH/c1-10(2)11-4-3-5-14(9-11)17-15(18)12-6-7-13(16)8-12;/h10-14H,3-9,16H2,1-2H3,(H,17,18);1H. The maximum absolute atomic E-state index is 12.2. The lowest BCUT2D eigenvalue weighted by molar-refractivity contribution is -0.125. The molecule has 0 aromatic heterocycles. The van der Waals surface area contributed by atoms with Gasteiger partial charge in [-0.25, -0.2) is 0 Å². The molecule has 0 spiro atoms. The van der Waals surface area contributed by atoms with Crippen LogP contribution >= 0.6 is 12.4 Å². The highest BCUT2D eigenvalue weighted by Crippen LogP contribution is 2.31. The van der Waals surface area contributed by atoms with E-state index in [1.807, 2.05) is 0 Å². The van der Waals surface area contributed by atoms with Crippen molar-refractivity contribution in [3.63, 3.8) is 0 Å². The second kappa shape index (κ2) is 7.49. The van der Waals surface area contributed by atoms with E-state index in [0.717, 1.165) is 37.5 Å². The van der Waals surface area contributed by atoms with Gasteiger partial charge in [-0.3, -0.25) is 4.79 Å². The summed E-state index contributed by atoms with van der Waals surface area (Å²) in [5, 5.41) is 3.27. The predicted molar refractivity (Wildman–Crippen MR) is 81.3 cm³/mol. The number of carbonyl (C=O) groups excluding carboxylic acids is 1. The van der Waals surface area contributed by atoms with Gasteiger partial charge in [-0.15, -0.1) is 12.4 Å². The Morgan fingerprint density at radius 2 is 1.89 bits per heavy atom. The number of amides is 1. The van der Waals surface area contributed by atoms with Crippen molar-refractivity contribution in [3.05, 3.63) is 0 Å². The van der Waals surface area contributed by atoms with Crippen LogP contribution in [0.3, 0.4) is 0 Å². The van der Waals surface area contributed by atoms with E-state index in [1.54, 1.807) is 0 Å². The van der Waals surface area contributed by atoms with E-state index in [-0.39, 0.29) is 30.3 Å². The van der Waals surface area contributed by atoms with Gasteiger partial charge in [0.2, 0.25) is 5.91 Å². The molecule has 2 rings (SSSR count). The van der Waals surface area contributed by atoms with Crippen LogP contribution in [0.2, 0.25) is 0 Å². The molecule has 3 nitrogen and oxygen atoms in total. The third-order valence-electron chi connectivity index (χ3n) is 4.85. The molecule has 0 aromatic rings. The highest BCUT2D eigenvalue weighted by molar-refractivity contribution is 5.85. The third kappa shape index (κ3) is 4.64. The van der Waals surface area contributed by atoms with Crippen LogP contribution < -0.4 is 11.1 Å². The molecular weight excluding hydrogens is 260 g/mol. The van der Waals surface area contributed by atoms with Gasteiger partial charge in [0, 0.05) is 18.0 Å². The topological polar surface area (TPSA) is 55.1 Å². The molecule has 0 radical (unpaired) electrons. The smallest absolute Gasteiger partial charge is 0.223 e. The summed E-state index contributed by atoms with van der Waals surface area (Å²) >= 11 is 0. The molecule has 19 heavy (non-hydrogen) atoms. The van der Waals surface area contributed by atoms with Crippen LogP contribution in [-0.4, -0.2) is 18.0 Å². The average Bonchev–Trinajstić information content (AvgIpc) is 2.76. The maximum atomic E-state index is 12.2. The molecule has 0 aromatic carbocycles. The number of halogens is 1. The first kappa shape index (κ1) is 16.8. The summed E-state index contributed by atoms with van der Waals surface area (Å²) in [7, 11) is 0. The van der Waals surface area contributed by atoms with Gasteiger partial charge in [-0.05, 0) is 43.9 Å². The minimum absolute atomic E-state index is 0. The van der Waals surface area contributed by atoms with Crippen LogP contribution in [0.5, 0.6) is 0 Å². The van der Waals surface area contributed by atoms with E-state index in [4.69, 9.17) is 5.73 Å². The quantitative estimate of drug-likeness (QED) is 0.839. The molecule has 2 aliphatic rings. The van der Waals surface area contributed by atoms with Gasteiger partial charge in [-0.1, -0.05) is 26.7 Å². The van der Waals surface area contributed by atoms with Gasteiger partial charge in [-0.2, -0.15) is 0 Å². The summed E-state index contributed by atoms with van der Waals surface area (Å²) in [5.74, 6) is 1.97. The number of carbonyl (C=O) groups is 1. The van der Waals surface area contributed by atoms with E-state index in [2.05, 4.69) is 19.2 Å². The van der Waals surface area contributed by atoms with Crippen molar-refractivity contribution < 1.29 is 4.79 Å². The summed E-state index contributed by atoms with van der Waals surface area (Å²) in [6, 6.07) is 0.658. The zero-order chi connectivity index (χ0) is 13.1. The Morgan fingerprint density at radius 1 is 1.16 bits per heavy atom. The Morgan fingerprint density at radius 3 is 2.47 bits per heavy atom. The van der Waals surface area contributed by atoms with E-state index in [1.165, 1.54) is 19.3 Å². The largest absolute Gasteiger partial charge is 0.353 e. The molecule has 0 heterocycles. The molecular formula is C15H29ClN2O. The highest BCUT2D eigenvalue weighted by atomic mass is 35.5. The maximum Gasteiger partial charge on any atom is 0.223 e. The lowest BCUT2D eigenvalue weighted by Crippen LogP contribution is -2.42. The summed E-state index contributed by atoms with van der Waals surface area (Å²) in [4.78, 5) is 12.2. The molecule has 2 aliphatic carbocycles. The minimum atomic E-state index is 0. The normalized spacial score (nSPS) is 34.9. The van der Waals surface area contributed by atoms with E-state index < -0.39 is 0 Å². The molecule has 4 heteroatoms. The fraction of sp³-hybridized carbons (Fsp3) is 0.933. The molecule has 1 amide bonds. The van der Waals surface area contributed by atoms with Crippen molar-refractivity contribution >= 4 is 18.3 Å². The molecule has 0 bridgehead atoms. The molecule has 4 atom stereocenters. The van der Waals surface area contributed by atoms with Gasteiger partial charge in [0.1, 0.15) is 0 Å². The highest BCUT2D eigenvalue weighted by Gasteiger charge is 2.31. The number of nitrogens with one attached hydrogen (secondary N) is 1. The molecule has 0 saturated heterocycles. The van der Waals surface area contributed by atoms with Crippen LogP contribution in [0.4, 0.5) is 0 Å². The van der Waals surface area contributed by atoms with Gasteiger partial charge in [0.15, 0.2) is 0 Å². The Bertz CT molecular complexity index is 296. The van der Waals surface area contributed by atoms with Gasteiger partial charge < -0.3 is 11.1 Å². The fourth-order valence-electron chi connectivity index (χ4n) is 3.54. The van der Waals surface area contributed by atoms with Crippen LogP contribution in [0, 0.1) is 17.8 Å². The Balaban J connectivity index is 0.00000180. The first-order valence-electron chi connectivity index (χ1n) is 7.62. The van der Waals surface area contributed by atoms with Gasteiger partial charge in [0.25, 0.3) is 0 Å². The second-order valence-corrected chi connectivity index (χ2v) is 6.65. The predicted octanol–water partition coefficient (Wildman–Crippen LogP) is 2.87. The lowest BCUT2D eigenvalue weighted by atomic mass is 9.79. The van der Waals surface area contributed by atoms with E-state index >= 15 is 0 Å². The number of hydrogen-bond donors (Lipinski definition) is 2. The van der Waals surface area contributed by atoms with Crippen LogP contribution in [0.15, 0.2) is 0 Å². The molecule has 0 aliphatic heterocycles. The summed E-state index contributed by atoms with van der Waals surface area (Å²) < 4.78 is 0. The SMILES string of the molecule is CC(C)C1CCCC(NC(=O)C2CCC(N)C2)C1.Cl. The molecule has 2 fully saturated rings. The molecule has 2 saturated carbocycles. The Labute approximate surface area is 123 Å². The van der Waals surface area contributed by atoms with Gasteiger partial charge in [0.05, 0.1) is 0 Å². The second-order valence-electron chi connectivity index (χ2n) is 6.65. The number of rotatable bonds is 3. The molecule has 3 N–H and O–H groups in total. The average molecular weight is 289 g/mol. The summed E-state index contributed by atoms with van der Waals surface area (Å²) in [6.07, 6.45) is 7.79. The summed E-state index contributed by atoms with van der Waals surface area (Å²) in [6.45, 7) is 4.59.